The second kappa shape index (κ2) is 8.04. The fraction of sp³-hybridized carbons (Fsp3) is 0.150. The van der Waals surface area contributed by atoms with Crippen LogP contribution < -0.4 is 5.32 Å². The molecule has 0 atom stereocenters. The van der Waals surface area contributed by atoms with E-state index in [2.05, 4.69) is 21.2 Å². The van der Waals surface area contributed by atoms with Crippen LogP contribution in [-0.2, 0) is 16.0 Å². The predicted molar refractivity (Wildman–Crippen MR) is 107 cm³/mol. The fourth-order valence-electron chi connectivity index (χ4n) is 3.09. The number of hydrogen-bond donors (Lipinski definition) is 3. The number of carbonyl (C=O) groups is 3. The van der Waals surface area contributed by atoms with Crippen LogP contribution in [0.4, 0.5) is 4.39 Å². The van der Waals surface area contributed by atoms with Crippen molar-refractivity contribution in [3.63, 3.8) is 0 Å². The molecule has 0 aliphatic rings. The first-order chi connectivity index (χ1) is 13.7. The van der Waals surface area contributed by atoms with Crippen LogP contribution in [0.25, 0.3) is 10.9 Å². The van der Waals surface area contributed by atoms with Gasteiger partial charge >= 0.3 is 5.97 Å². The number of nitrogens with zero attached hydrogens (tertiary/aromatic N) is 1. The summed E-state index contributed by atoms with van der Waals surface area (Å²) in [6.45, 7) is 1.06. The van der Waals surface area contributed by atoms with Gasteiger partial charge in [0.1, 0.15) is 6.54 Å². The van der Waals surface area contributed by atoms with Crippen molar-refractivity contribution in [1.29, 1.82) is 0 Å². The van der Waals surface area contributed by atoms with Crippen molar-refractivity contribution in [2.45, 2.75) is 13.3 Å². The van der Waals surface area contributed by atoms with Crippen LogP contribution in [-0.4, -0.2) is 39.1 Å². The van der Waals surface area contributed by atoms with Gasteiger partial charge in [0.25, 0.3) is 5.91 Å². The van der Waals surface area contributed by atoms with Gasteiger partial charge in [-0.1, -0.05) is 15.9 Å². The number of carboxylic acid groups (broad SMARTS) is 1. The molecule has 3 aromatic rings. The highest BCUT2D eigenvalue weighted by molar-refractivity contribution is 9.10. The van der Waals surface area contributed by atoms with Crippen molar-refractivity contribution < 1.29 is 29.0 Å². The minimum atomic E-state index is -1.19. The molecule has 0 saturated carbocycles. The van der Waals surface area contributed by atoms with Crippen LogP contribution in [0.3, 0.4) is 0 Å². The summed E-state index contributed by atoms with van der Waals surface area (Å²) in [7, 11) is 0. The van der Waals surface area contributed by atoms with Crippen molar-refractivity contribution in [1.82, 2.24) is 9.88 Å². The Bertz CT molecular complexity index is 1140. The van der Waals surface area contributed by atoms with E-state index in [1.54, 1.807) is 31.2 Å². The van der Waals surface area contributed by atoms with Gasteiger partial charge in [-0.05, 0) is 42.8 Å². The van der Waals surface area contributed by atoms with E-state index in [-0.39, 0.29) is 11.9 Å². The minimum Gasteiger partial charge on any atom is -0.505 e. The predicted octanol–water partition coefficient (Wildman–Crippen LogP) is 2.99. The first-order valence-corrected chi connectivity index (χ1v) is 9.29. The highest BCUT2D eigenvalue weighted by Crippen LogP contribution is 2.32. The van der Waals surface area contributed by atoms with E-state index >= 15 is 0 Å². The lowest BCUT2D eigenvalue weighted by atomic mass is 10.1. The second-order valence-corrected chi connectivity index (χ2v) is 7.30. The fourth-order valence-corrected chi connectivity index (χ4v) is 3.36. The molecule has 1 heterocycles. The number of halogens is 2. The highest BCUT2D eigenvalue weighted by atomic mass is 79.9. The zero-order valence-electron chi connectivity index (χ0n) is 15.2. The van der Waals surface area contributed by atoms with Gasteiger partial charge in [-0.25, -0.2) is 4.39 Å². The lowest BCUT2D eigenvalue weighted by Gasteiger charge is -2.08. The van der Waals surface area contributed by atoms with Gasteiger partial charge in [0.2, 0.25) is 5.91 Å². The van der Waals surface area contributed by atoms with E-state index in [1.165, 1.54) is 4.57 Å². The summed E-state index contributed by atoms with van der Waals surface area (Å²) in [4.78, 5) is 35.9. The Labute approximate surface area is 172 Å². The van der Waals surface area contributed by atoms with Gasteiger partial charge in [0.15, 0.2) is 11.6 Å². The average Bonchev–Trinajstić information content (AvgIpc) is 2.91. The Morgan fingerprint density at radius 1 is 1.17 bits per heavy atom. The van der Waals surface area contributed by atoms with Crippen molar-refractivity contribution in [3.05, 3.63) is 63.5 Å². The molecule has 0 spiro atoms. The molecule has 0 radical (unpaired) electrons. The molecule has 9 heteroatoms. The Morgan fingerprint density at radius 3 is 2.45 bits per heavy atom. The van der Waals surface area contributed by atoms with Crippen LogP contribution in [0.5, 0.6) is 5.75 Å². The van der Waals surface area contributed by atoms with Gasteiger partial charge in [-0.15, -0.1) is 0 Å². The quantitative estimate of drug-likeness (QED) is 0.539. The molecule has 0 fully saturated rings. The smallest absolute Gasteiger partial charge is 0.322 e. The first kappa shape index (κ1) is 20.5. The third kappa shape index (κ3) is 4.14. The molecule has 0 bridgehead atoms. The molecule has 0 aliphatic heterocycles. The Balaban J connectivity index is 2.12. The molecule has 3 rings (SSSR count). The zero-order chi connectivity index (χ0) is 21.3. The largest absolute Gasteiger partial charge is 0.505 e. The molecule has 29 heavy (non-hydrogen) atoms. The van der Waals surface area contributed by atoms with Gasteiger partial charge in [-0.3, -0.25) is 19.0 Å². The van der Waals surface area contributed by atoms with Gasteiger partial charge < -0.3 is 15.5 Å². The molecule has 150 valence electrons. The number of carboxylic acids is 1. The molecule has 1 aromatic heterocycles. The van der Waals surface area contributed by atoms with Crippen molar-refractivity contribution >= 4 is 44.6 Å². The van der Waals surface area contributed by atoms with E-state index in [0.29, 0.717) is 22.2 Å². The number of benzene rings is 2. The van der Waals surface area contributed by atoms with Crippen molar-refractivity contribution in [2.24, 2.45) is 0 Å². The number of aromatic hydroxyl groups is 1. The van der Waals surface area contributed by atoms with Gasteiger partial charge in [0, 0.05) is 27.2 Å². The number of phenolic OH excluding ortho intramolecular Hbond substituents is 1. The molecule has 1 amide bonds. The standard InChI is InChI=1S/C20H16BrFN2O5/c1-10-13(7-18(26)23-9-19(27)28)14-6-17(25)15(22)8-16(14)24(10)20(29)11-2-4-12(21)5-3-11/h2-6,8,25H,7,9H2,1H3,(H,23,26)(H,27,28). The SMILES string of the molecule is Cc1c(CC(=O)NCC(=O)O)c2cc(O)c(F)cc2n1C(=O)c1ccc(Br)cc1. The number of carbonyl (C=O) groups excluding carboxylic acids is 2. The maximum Gasteiger partial charge on any atom is 0.322 e. The summed E-state index contributed by atoms with van der Waals surface area (Å²) in [6, 6.07) is 8.79. The third-order valence-corrected chi connectivity index (χ3v) is 5.00. The van der Waals surface area contributed by atoms with Crippen LogP contribution in [0.15, 0.2) is 40.9 Å². The van der Waals surface area contributed by atoms with Gasteiger partial charge in [-0.2, -0.15) is 0 Å². The van der Waals surface area contributed by atoms with E-state index in [4.69, 9.17) is 5.11 Å². The molecule has 0 unspecified atom stereocenters. The van der Waals surface area contributed by atoms with Crippen LogP contribution in [0.2, 0.25) is 0 Å². The highest BCUT2D eigenvalue weighted by Gasteiger charge is 2.23. The first-order valence-electron chi connectivity index (χ1n) is 8.50. The maximum atomic E-state index is 14.0. The van der Waals surface area contributed by atoms with Crippen molar-refractivity contribution in [3.8, 4) is 5.75 Å². The van der Waals surface area contributed by atoms with E-state index in [1.807, 2.05) is 0 Å². The normalized spacial score (nSPS) is 10.9. The van der Waals surface area contributed by atoms with E-state index in [9.17, 15) is 23.9 Å². The van der Waals surface area contributed by atoms with Crippen molar-refractivity contribution in [2.75, 3.05) is 6.54 Å². The third-order valence-electron chi connectivity index (χ3n) is 4.47. The Morgan fingerprint density at radius 2 is 1.83 bits per heavy atom. The van der Waals surface area contributed by atoms with E-state index < -0.39 is 35.9 Å². The van der Waals surface area contributed by atoms with Gasteiger partial charge in [0.05, 0.1) is 11.9 Å². The van der Waals surface area contributed by atoms with E-state index in [0.717, 1.165) is 16.6 Å². The molecular formula is C20H16BrFN2O5. The van der Waals surface area contributed by atoms with Crippen LogP contribution >= 0.6 is 15.9 Å². The monoisotopic (exact) mass is 462 g/mol. The number of aromatic nitrogens is 1. The number of rotatable bonds is 5. The minimum absolute atomic E-state index is 0.201. The summed E-state index contributed by atoms with van der Waals surface area (Å²) < 4.78 is 16.1. The lowest BCUT2D eigenvalue weighted by Crippen LogP contribution is -2.30. The Kier molecular flexibility index (Phi) is 5.69. The molecular weight excluding hydrogens is 447 g/mol. The summed E-state index contributed by atoms with van der Waals surface area (Å²) in [5, 5.41) is 21.1. The summed E-state index contributed by atoms with van der Waals surface area (Å²) in [6.07, 6.45) is -0.235. The van der Waals surface area contributed by atoms with Crippen LogP contribution in [0.1, 0.15) is 21.6 Å². The molecule has 3 N–H and O–H groups in total. The maximum absolute atomic E-state index is 14.0. The number of hydrogen-bond acceptors (Lipinski definition) is 4. The lowest BCUT2D eigenvalue weighted by molar-refractivity contribution is -0.137. The number of nitrogens with one attached hydrogen (secondary N) is 1. The number of phenols is 1. The Hall–Kier alpha value is -3.20. The molecule has 0 saturated heterocycles. The topological polar surface area (TPSA) is 109 Å². The molecule has 0 aliphatic carbocycles. The summed E-state index contributed by atoms with van der Waals surface area (Å²) >= 11 is 3.30. The summed E-state index contributed by atoms with van der Waals surface area (Å²) in [5.74, 6) is -3.71. The average molecular weight is 463 g/mol. The zero-order valence-corrected chi connectivity index (χ0v) is 16.8. The summed E-state index contributed by atoms with van der Waals surface area (Å²) in [5.41, 5.74) is 1.34. The number of fused-ring (bicyclic) bond motifs is 1. The molecule has 2 aromatic carbocycles. The van der Waals surface area contributed by atoms with Crippen LogP contribution in [0, 0.1) is 12.7 Å². The number of amides is 1. The second-order valence-electron chi connectivity index (χ2n) is 6.38. The number of aliphatic carboxylic acids is 1. The molecule has 7 nitrogen and oxygen atoms in total.